The zero-order valence-corrected chi connectivity index (χ0v) is 18.0. The van der Waals surface area contributed by atoms with Crippen molar-refractivity contribution in [2.45, 2.75) is 44.2 Å². The van der Waals surface area contributed by atoms with Gasteiger partial charge in [-0.1, -0.05) is 25.0 Å². The maximum atomic E-state index is 12.7. The number of rotatable bonds is 5. The van der Waals surface area contributed by atoms with Crippen molar-refractivity contribution in [3.63, 3.8) is 0 Å². The van der Waals surface area contributed by atoms with Crippen molar-refractivity contribution in [1.82, 2.24) is 21.0 Å². The lowest BCUT2D eigenvalue weighted by Crippen LogP contribution is -2.39. The summed E-state index contributed by atoms with van der Waals surface area (Å²) >= 11 is 0. The van der Waals surface area contributed by atoms with Crippen LogP contribution in [0.25, 0.3) is 11.3 Å². The largest absolute Gasteiger partial charge is 0.468 e. The Morgan fingerprint density at radius 3 is 2.62 bits per heavy atom. The van der Waals surface area contributed by atoms with E-state index in [1.807, 2.05) is 48.5 Å². The molecule has 0 spiro atoms. The molecule has 2 fully saturated rings. The lowest BCUT2D eigenvalue weighted by molar-refractivity contribution is -0.117. The standard InChI is InChI=1S/C24H28N6O2/c31-24(21-16-20(27-28-21)22-9-6-14-32-22)25-18-8-5-7-17(15-18)19-10-11-23(29-26-19)30-12-3-1-2-4-13-30/h5-11,14-15,20-21,27-28H,1-4,12-13,16H2,(H,25,31). The molecule has 8 heteroatoms. The van der Waals surface area contributed by atoms with Crippen LogP contribution in [0.1, 0.15) is 43.9 Å². The molecule has 5 rings (SSSR count). The Bertz CT molecular complexity index is 1030. The van der Waals surface area contributed by atoms with Gasteiger partial charge in [0, 0.05) is 24.3 Å². The second kappa shape index (κ2) is 9.50. The average molecular weight is 433 g/mol. The highest BCUT2D eigenvalue weighted by Gasteiger charge is 2.31. The van der Waals surface area contributed by atoms with E-state index >= 15 is 0 Å². The molecule has 3 N–H and O–H groups in total. The first-order valence-corrected chi connectivity index (χ1v) is 11.3. The first kappa shape index (κ1) is 20.7. The highest BCUT2D eigenvalue weighted by atomic mass is 16.3. The summed E-state index contributed by atoms with van der Waals surface area (Å²) in [5, 5.41) is 11.9. The van der Waals surface area contributed by atoms with Crippen molar-refractivity contribution < 1.29 is 9.21 Å². The van der Waals surface area contributed by atoms with E-state index in [9.17, 15) is 4.79 Å². The topological polar surface area (TPSA) is 95.3 Å². The first-order chi connectivity index (χ1) is 15.8. The number of anilines is 2. The van der Waals surface area contributed by atoms with Crippen molar-refractivity contribution >= 4 is 17.4 Å². The minimum atomic E-state index is -0.346. The smallest absolute Gasteiger partial charge is 0.242 e. The van der Waals surface area contributed by atoms with E-state index in [1.54, 1.807) is 6.26 Å². The monoisotopic (exact) mass is 432 g/mol. The third kappa shape index (κ3) is 4.66. The molecule has 1 amide bonds. The molecule has 2 saturated heterocycles. The van der Waals surface area contributed by atoms with Gasteiger partial charge in [-0.2, -0.15) is 0 Å². The number of hydrogen-bond donors (Lipinski definition) is 3. The van der Waals surface area contributed by atoms with Gasteiger partial charge in [-0.25, -0.2) is 10.9 Å². The molecule has 0 saturated carbocycles. The van der Waals surface area contributed by atoms with Gasteiger partial charge < -0.3 is 14.6 Å². The highest BCUT2D eigenvalue weighted by molar-refractivity contribution is 5.95. The molecule has 2 atom stereocenters. The Labute approximate surface area is 187 Å². The van der Waals surface area contributed by atoms with Crippen LogP contribution in [0.4, 0.5) is 11.5 Å². The van der Waals surface area contributed by atoms with Gasteiger partial charge in [-0.15, -0.1) is 10.2 Å². The normalized spacial score (nSPS) is 21.3. The molecule has 166 valence electrons. The number of carbonyl (C=O) groups is 1. The molecule has 1 aromatic carbocycles. The van der Waals surface area contributed by atoms with E-state index in [-0.39, 0.29) is 18.0 Å². The summed E-state index contributed by atoms with van der Waals surface area (Å²) in [6.07, 6.45) is 7.24. The zero-order valence-electron chi connectivity index (χ0n) is 18.0. The number of amides is 1. The number of benzene rings is 1. The first-order valence-electron chi connectivity index (χ1n) is 11.3. The van der Waals surface area contributed by atoms with Crippen molar-refractivity contribution in [2.24, 2.45) is 0 Å². The number of nitrogens with zero attached hydrogens (tertiary/aromatic N) is 3. The molecule has 2 aliphatic rings. The van der Waals surface area contributed by atoms with Gasteiger partial charge in [0.15, 0.2) is 5.82 Å². The van der Waals surface area contributed by atoms with Crippen LogP contribution in [0, 0.1) is 0 Å². The SMILES string of the molecule is O=C(Nc1cccc(-c2ccc(N3CCCCCC3)nn2)c1)C1CC(c2ccco2)NN1. The summed E-state index contributed by atoms with van der Waals surface area (Å²) in [5.41, 5.74) is 8.62. The summed E-state index contributed by atoms with van der Waals surface area (Å²) in [4.78, 5) is 15.1. The number of aromatic nitrogens is 2. The molecule has 0 radical (unpaired) electrons. The predicted molar refractivity (Wildman–Crippen MR) is 123 cm³/mol. The van der Waals surface area contributed by atoms with Crippen LogP contribution in [-0.4, -0.2) is 35.2 Å². The van der Waals surface area contributed by atoms with Crippen LogP contribution < -0.4 is 21.1 Å². The Kier molecular flexibility index (Phi) is 6.13. The predicted octanol–water partition coefficient (Wildman–Crippen LogP) is 3.66. The lowest BCUT2D eigenvalue weighted by Gasteiger charge is -2.20. The summed E-state index contributed by atoms with van der Waals surface area (Å²) < 4.78 is 5.43. The van der Waals surface area contributed by atoms with Crippen molar-refractivity contribution in [1.29, 1.82) is 0 Å². The van der Waals surface area contributed by atoms with Crippen LogP contribution in [0.5, 0.6) is 0 Å². The van der Waals surface area contributed by atoms with Crippen LogP contribution in [0.3, 0.4) is 0 Å². The Morgan fingerprint density at radius 2 is 1.88 bits per heavy atom. The second-order valence-electron chi connectivity index (χ2n) is 8.39. The van der Waals surface area contributed by atoms with Crippen LogP contribution >= 0.6 is 0 Å². The van der Waals surface area contributed by atoms with Gasteiger partial charge in [0.1, 0.15) is 11.8 Å². The minimum Gasteiger partial charge on any atom is -0.468 e. The Balaban J connectivity index is 1.23. The van der Waals surface area contributed by atoms with E-state index in [0.29, 0.717) is 6.42 Å². The van der Waals surface area contributed by atoms with Crippen molar-refractivity contribution in [3.8, 4) is 11.3 Å². The van der Waals surface area contributed by atoms with E-state index in [2.05, 4.69) is 31.3 Å². The molecular formula is C24H28N6O2. The molecule has 2 aromatic heterocycles. The molecule has 3 aromatic rings. The molecule has 2 aliphatic heterocycles. The maximum absolute atomic E-state index is 12.7. The fraction of sp³-hybridized carbons (Fsp3) is 0.375. The fourth-order valence-corrected chi connectivity index (χ4v) is 4.34. The lowest BCUT2D eigenvalue weighted by atomic mass is 10.1. The van der Waals surface area contributed by atoms with Gasteiger partial charge >= 0.3 is 0 Å². The summed E-state index contributed by atoms with van der Waals surface area (Å²) in [7, 11) is 0. The highest BCUT2D eigenvalue weighted by Crippen LogP contribution is 2.25. The number of hydrazine groups is 1. The van der Waals surface area contributed by atoms with Crippen molar-refractivity contribution in [3.05, 3.63) is 60.6 Å². The quantitative estimate of drug-likeness (QED) is 0.566. The van der Waals surface area contributed by atoms with Crippen LogP contribution in [-0.2, 0) is 4.79 Å². The van der Waals surface area contributed by atoms with E-state index in [0.717, 1.165) is 41.6 Å². The number of carbonyl (C=O) groups excluding carboxylic acids is 1. The third-order valence-electron chi connectivity index (χ3n) is 6.11. The fourth-order valence-electron chi connectivity index (χ4n) is 4.34. The number of nitrogens with one attached hydrogen (secondary N) is 3. The summed E-state index contributed by atoms with van der Waals surface area (Å²) in [6, 6.07) is 15.1. The molecule has 32 heavy (non-hydrogen) atoms. The average Bonchev–Trinajstić information content (AvgIpc) is 3.46. The van der Waals surface area contributed by atoms with Gasteiger partial charge in [0.05, 0.1) is 18.0 Å². The molecule has 0 bridgehead atoms. The number of furan rings is 1. The van der Waals surface area contributed by atoms with E-state index in [4.69, 9.17) is 4.42 Å². The minimum absolute atomic E-state index is 0.0231. The molecule has 0 aliphatic carbocycles. The third-order valence-corrected chi connectivity index (χ3v) is 6.11. The molecule has 8 nitrogen and oxygen atoms in total. The zero-order chi connectivity index (χ0) is 21.8. The number of hydrogen-bond acceptors (Lipinski definition) is 7. The molecule has 4 heterocycles. The summed E-state index contributed by atoms with van der Waals surface area (Å²) in [6.45, 7) is 2.08. The Hall–Kier alpha value is -3.23. The van der Waals surface area contributed by atoms with Crippen LogP contribution in [0.15, 0.2) is 59.2 Å². The molecular weight excluding hydrogens is 404 g/mol. The van der Waals surface area contributed by atoms with Gasteiger partial charge in [-0.05, 0) is 55.7 Å². The van der Waals surface area contributed by atoms with Crippen LogP contribution in [0.2, 0.25) is 0 Å². The summed E-state index contributed by atoms with van der Waals surface area (Å²) in [5.74, 6) is 1.66. The van der Waals surface area contributed by atoms with Gasteiger partial charge in [-0.3, -0.25) is 4.79 Å². The van der Waals surface area contributed by atoms with Gasteiger partial charge in [0.2, 0.25) is 5.91 Å². The van der Waals surface area contributed by atoms with E-state index in [1.165, 1.54) is 25.7 Å². The van der Waals surface area contributed by atoms with E-state index < -0.39 is 0 Å². The van der Waals surface area contributed by atoms with Crippen molar-refractivity contribution in [2.75, 3.05) is 23.3 Å². The molecule has 2 unspecified atom stereocenters. The maximum Gasteiger partial charge on any atom is 0.242 e. The Morgan fingerprint density at radius 1 is 1.00 bits per heavy atom. The second-order valence-corrected chi connectivity index (χ2v) is 8.39. The van der Waals surface area contributed by atoms with Gasteiger partial charge in [0.25, 0.3) is 0 Å².